The van der Waals surface area contributed by atoms with E-state index in [-0.39, 0.29) is 28.5 Å². The van der Waals surface area contributed by atoms with E-state index in [9.17, 15) is 27.5 Å². The van der Waals surface area contributed by atoms with Crippen LogP contribution in [-0.2, 0) is 6.18 Å². The Labute approximate surface area is 180 Å². The van der Waals surface area contributed by atoms with Crippen LogP contribution in [0.3, 0.4) is 0 Å². The van der Waals surface area contributed by atoms with Gasteiger partial charge in [-0.15, -0.1) is 0 Å². The Hall–Kier alpha value is -3.27. The summed E-state index contributed by atoms with van der Waals surface area (Å²) in [5.41, 5.74) is -0.885. The van der Waals surface area contributed by atoms with E-state index in [4.69, 9.17) is 0 Å². The van der Waals surface area contributed by atoms with Crippen molar-refractivity contribution >= 4 is 22.7 Å². The summed E-state index contributed by atoms with van der Waals surface area (Å²) in [5, 5.41) is 13.0. The van der Waals surface area contributed by atoms with Crippen molar-refractivity contribution in [2.24, 2.45) is 0 Å². The third-order valence-electron chi connectivity index (χ3n) is 5.78. The van der Waals surface area contributed by atoms with Gasteiger partial charge in [0, 0.05) is 18.0 Å². The third-order valence-corrected chi connectivity index (χ3v) is 5.78. The van der Waals surface area contributed by atoms with Crippen LogP contribution >= 0.6 is 0 Å². The molecule has 1 unspecified atom stereocenters. The molecule has 1 fully saturated rings. The number of carbonyl (C=O) groups is 1. The van der Waals surface area contributed by atoms with Gasteiger partial charge in [0.25, 0.3) is 0 Å². The Morgan fingerprint density at radius 3 is 2.69 bits per heavy atom. The first-order chi connectivity index (χ1) is 15.1. The van der Waals surface area contributed by atoms with Gasteiger partial charge in [-0.2, -0.15) is 13.2 Å². The number of nitrogens with zero attached hydrogens (tertiary/aromatic N) is 3. The van der Waals surface area contributed by atoms with Gasteiger partial charge in [-0.25, -0.2) is 19.2 Å². The summed E-state index contributed by atoms with van der Waals surface area (Å²) in [6.07, 6.45) is -2.65. The molecule has 0 saturated carbocycles. The van der Waals surface area contributed by atoms with Gasteiger partial charge < -0.3 is 10.4 Å². The van der Waals surface area contributed by atoms with Crippen molar-refractivity contribution in [3.63, 3.8) is 0 Å². The highest BCUT2D eigenvalue weighted by Crippen LogP contribution is 2.35. The van der Waals surface area contributed by atoms with E-state index in [1.807, 2.05) is 6.92 Å². The summed E-state index contributed by atoms with van der Waals surface area (Å²) in [4.78, 5) is 21.9. The molecule has 2 aromatic carbocycles. The molecule has 0 amide bonds. The Morgan fingerprint density at radius 1 is 1.28 bits per heavy atom. The predicted molar refractivity (Wildman–Crippen MR) is 110 cm³/mol. The minimum Gasteiger partial charge on any atom is -0.478 e. The van der Waals surface area contributed by atoms with E-state index in [0.717, 1.165) is 25.1 Å². The third kappa shape index (κ3) is 4.22. The summed E-state index contributed by atoms with van der Waals surface area (Å²) in [5.74, 6) is -2.20. The van der Waals surface area contributed by atoms with E-state index in [1.54, 1.807) is 12.1 Å². The van der Waals surface area contributed by atoms with Crippen molar-refractivity contribution in [2.75, 3.05) is 18.4 Å². The summed E-state index contributed by atoms with van der Waals surface area (Å²) in [7, 11) is 0. The number of carboxylic acids is 1. The smallest absolute Gasteiger partial charge is 0.419 e. The molecule has 3 aromatic rings. The van der Waals surface area contributed by atoms with Crippen molar-refractivity contribution in [1.82, 2.24) is 14.9 Å². The number of anilines is 1. The predicted octanol–water partition coefficient (Wildman–Crippen LogP) is 4.73. The second-order valence-corrected chi connectivity index (χ2v) is 7.80. The lowest BCUT2D eigenvalue weighted by Gasteiger charge is -2.41. The summed E-state index contributed by atoms with van der Waals surface area (Å²) >= 11 is 0. The fourth-order valence-corrected chi connectivity index (χ4v) is 3.83. The van der Waals surface area contributed by atoms with Crippen LogP contribution in [0.1, 0.15) is 40.9 Å². The van der Waals surface area contributed by atoms with Gasteiger partial charge in [-0.05, 0) is 49.7 Å². The molecular weight excluding hydrogens is 428 g/mol. The molecule has 0 spiro atoms. The molecule has 2 heterocycles. The second-order valence-electron chi connectivity index (χ2n) is 7.80. The number of aromatic nitrogens is 2. The van der Waals surface area contributed by atoms with Gasteiger partial charge in [-0.3, -0.25) is 4.90 Å². The number of hydrogen-bond acceptors (Lipinski definition) is 5. The zero-order valence-electron chi connectivity index (χ0n) is 17.0. The van der Waals surface area contributed by atoms with Gasteiger partial charge in [-0.1, -0.05) is 12.1 Å². The highest BCUT2D eigenvalue weighted by Gasteiger charge is 2.35. The first kappa shape index (κ1) is 21.9. The minimum atomic E-state index is -4.83. The second kappa shape index (κ2) is 8.34. The molecule has 1 aliphatic heterocycles. The maximum Gasteiger partial charge on any atom is 0.419 e. The van der Waals surface area contributed by atoms with Gasteiger partial charge in [0.2, 0.25) is 0 Å². The van der Waals surface area contributed by atoms with Crippen LogP contribution < -0.4 is 5.32 Å². The molecule has 1 saturated heterocycles. The average molecular weight is 448 g/mol. The van der Waals surface area contributed by atoms with E-state index < -0.39 is 29.6 Å². The van der Waals surface area contributed by atoms with Gasteiger partial charge in [0.15, 0.2) is 0 Å². The molecule has 1 aliphatic rings. The van der Waals surface area contributed by atoms with Crippen molar-refractivity contribution in [3.8, 4) is 0 Å². The van der Waals surface area contributed by atoms with Crippen LogP contribution in [0.2, 0.25) is 0 Å². The molecule has 1 aromatic heterocycles. The van der Waals surface area contributed by atoms with Crippen LogP contribution in [0.25, 0.3) is 10.9 Å². The number of likely N-dealkylation sites (tertiary alicyclic amines) is 1. The van der Waals surface area contributed by atoms with Crippen molar-refractivity contribution in [2.45, 2.75) is 31.6 Å². The van der Waals surface area contributed by atoms with Crippen LogP contribution in [-0.4, -0.2) is 45.1 Å². The monoisotopic (exact) mass is 448 g/mol. The fourth-order valence-electron chi connectivity index (χ4n) is 3.83. The Morgan fingerprint density at radius 2 is 2.06 bits per heavy atom. The van der Waals surface area contributed by atoms with Gasteiger partial charge in [0.05, 0.1) is 22.7 Å². The molecule has 0 aliphatic carbocycles. The first-order valence-electron chi connectivity index (χ1n) is 9.99. The molecule has 2 atom stereocenters. The van der Waals surface area contributed by atoms with E-state index in [2.05, 4.69) is 20.2 Å². The molecule has 0 radical (unpaired) electrons. The molecule has 32 heavy (non-hydrogen) atoms. The number of fused-ring (bicyclic) bond motifs is 1. The molecule has 168 valence electrons. The molecular formula is C22H20F4N4O2. The highest BCUT2D eigenvalue weighted by molar-refractivity contribution is 6.04. The lowest BCUT2D eigenvalue weighted by atomic mass is 9.98. The average Bonchev–Trinajstić information content (AvgIpc) is 2.74. The molecule has 6 nitrogen and oxygen atoms in total. The number of aromatic carboxylic acids is 1. The summed E-state index contributed by atoms with van der Waals surface area (Å²) in [6, 6.07) is 7.16. The lowest BCUT2D eigenvalue weighted by molar-refractivity contribution is -0.140. The SMILES string of the molecule is CC1CCN1C[C@@H](Nc1ncnc2c(C(=O)O)cccc12)c1ccc(F)c(C(F)(F)F)c1. The maximum absolute atomic E-state index is 13.9. The molecule has 10 heteroatoms. The topological polar surface area (TPSA) is 78.3 Å². The number of carboxylic acid groups (broad SMARTS) is 1. The Bertz CT molecular complexity index is 1170. The number of nitrogens with one attached hydrogen (secondary N) is 1. The van der Waals surface area contributed by atoms with E-state index in [1.165, 1.54) is 18.5 Å². The van der Waals surface area contributed by atoms with Crippen LogP contribution in [0, 0.1) is 5.82 Å². The number of para-hydroxylation sites is 1. The number of alkyl halides is 3. The number of benzene rings is 2. The van der Waals surface area contributed by atoms with Crippen molar-refractivity contribution in [1.29, 1.82) is 0 Å². The quantitative estimate of drug-likeness (QED) is 0.531. The van der Waals surface area contributed by atoms with Crippen LogP contribution in [0.5, 0.6) is 0 Å². The number of rotatable bonds is 6. The van der Waals surface area contributed by atoms with Crippen molar-refractivity contribution < 1.29 is 27.5 Å². The lowest BCUT2D eigenvalue weighted by Crippen LogP contribution is -2.48. The molecule has 0 bridgehead atoms. The minimum absolute atomic E-state index is 0.0120. The zero-order chi connectivity index (χ0) is 23.0. The largest absolute Gasteiger partial charge is 0.478 e. The zero-order valence-corrected chi connectivity index (χ0v) is 17.0. The van der Waals surface area contributed by atoms with Crippen LogP contribution in [0.15, 0.2) is 42.7 Å². The normalized spacial score (nSPS) is 17.7. The summed E-state index contributed by atoms with van der Waals surface area (Å²) in [6.45, 7) is 3.18. The first-order valence-corrected chi connectivity index (χ1v) is 9.99. The Balaban J connectivity index is 1.76. The number of hydrogen-bond donors (Lipinski definition) is 2. The Kier molecular flexibility index (Phi) is 5.72. The van der Waals surface area contributed by atoms with E-state index in [0.29, 0.717) is 11.9 Å². The van der Waals surface area contributed by atoms with Crippen molar-refractivity contribution in [3.05, 3.63) is 65.2 Å². The molecule has 4 rings (SSSR count). The fraction of sp³-hybridized carbons (Fsp3) is 0.318. The van der Waals surface area contributed by atoms with Gasteiger partial charge >= 0.3 is 12.1 Å². The highest BCUT2D eigenvalue weighted by atomic mass is 19.4. The van der Waals surface area contributed by atoms with Crippen LogP contribution in [0.4, 0.5) is 23.4 Å². The summed E-state index contributed by atoms with van der Waals surface area (Å²) < 4.78 is 53.8. The molecule has 2 N–H and O–H groups in total. The van der Waals surface area contributed by atoms with E-state index >= 15 is 0 Å². The standard InChI is InChI=1S/C22H20F4N4O2/c1-12-7-8-30(12)10-18(13-5-6-17(23)16(9-13)22(24,25)26)29-20-14-3-2-4-15(21(31)32)19(14)27-11-28-20/h2-6,9,11-12,18H,7-8,10H2,1H3,(H,31,32)(H,27,28,29)/t12?,18-/m1/s1. The number of halogens is 4. The maximum atomic E-state index is 13.9. The van der Waals surface area contributed by atoms with Gasteiger partial charge in [0.1, 0.15) is 18.0 Å².